The number of carbonyl (C=O) groups is 1. The molecule has 198 valence electrons. The van der Waals surface area contributed by atoms with Crippen LogP contribution in [0.2, 0.25) is 0 Å². The molecule has 0 aliphatic heterocycles. The highest BCUT2D eigenvalue weighted by Crippen LogP contribution is 2.53. The molecule has 0 fully saturated rings. The van der Waals surface area contributed by atoms with Gasteiger partial charge in [-0.15, -0.1) is 0 Å². The number of ether oxygens (including phenoxy) is 1. The second kappa shape index (κ2) is 12.2. The molecule has 11 heteroatoms. The van der Waals surface area contributed by atoms with Gasteiger partial charge in [0.1, 0.15) is 23.2 Å². The summed E-state index contributed by atoms with van der Waals surface area (Å²) >= 11 is 0. The molecule has 0 bridgehead atoms. The second-order valence-corrected chi connectivity index (χ2v) is 11.4. The number of hydrogen-bond acceptors (Lipinski definition) is 8. The van der Waals surface area contributed by atoms with Crippen molar-refractivity contribution in [1.82, 2.24) is 5.32 Å². The van der Waals surface area contributed by atoms with E-state index >= 15 is 0 Å². The average molecular weight is 523 g/mol. The van der Waals surface area contributed by atoms with Gasteiger partial charge in [-0.1, -0.05) is 43.3 Å². The van der Waals surface area contributed by atoms with Crippen LogP contribution < -0.4 is 14.4 Å². The molecule has 0 aromatic heterocycles. The lowest BCUT2D eigenvalue weighted by atomic mass is 9.86. The molecule has 36 heavy (non-hydrogen) atoms. The van der Waals surface area contributed by atoms with Gasteiger partial charge in [0.2, 0.25) is 5.54 Å². The minimum atomic E-state index is -4.40. The highest BCUT2D eigenvalue weighted by molar-refractivity contribution is 7.49. The molecule has 0 heterocycles. The number of nitrogens with zero attached hydrogens (tertiary/aromatic N) is 1. The molecule has 2 rings (SSSR count). The Kier molecular flexibility index (Phi) is 9.90. The van der Waals surface area contributed by atoms with Gasteiger partial charge in [-0.3, -0.25) is 14.6 Å². The Balaban J connectivity index is 2.28. The Morgan fingerprint density at radius 2 is 1.44 bits per heavy atom. The molecule has 0 saturated carbocycles. The van der Waals surface area contributed by atoms with E-state index < -0.39 is 42.0 Å². The van der Waals surface area contributed by atoms with Crippen LogP contribution in [0.3, 0.4) is 0 Å². The van der Waals surface area contributed by atoms with Crippen LogP contribution in [-0.4, -0.2) is 34.8 Å². The number of rotatable bonds is 12. The molecule has 0 aliphatic rings. The zero-order valence-electron chi connectivity index (χ0n) is 21.5. The summed E-state index contributed by atoms with van der Waals surface area (Å²) in [5.41, 5.74) is -2.33. The number of para-hydroxylation sites is 2. The van der Waals surface area contributed by atoms with Gasteiger partial charge in [-0.25, -0.2) is 9.36 Å². The van der Waals surface area contributed by atoms with Crippen molar-refractivity contribution in [3.05, 3.63) is 70.8 Å². The van der Waals surface area contributed by atoms with Crippen LogP contribution >= 0.6 is 7.82 Å². The molecule has 0 unspecified atom stereocenters. The van der Waals surface area contributed by atoms with E-state index in [1.54, 1.807) is 88.4 Å². The molecule has 2 aromatic carbocycles. The molecule has 2 aromatic rings. The number of nitrogens with one attached hydrogen (secondary N) is 1. The molecular formula is C25H35N2O8P. The normalized spacial score (nSPS) is 13.8. The minimum Gasteiger partial charge on any atom is -0.444 e. The summed E-state index contributed by atoms with van der Waals surface area (Å²) in [6.07, 6.45) is -1.53. The first-order valence-corrected chi connectivity index (χ1v) is 13.1. The number of nitro groups is 1. The first kappa shape index (κ1) is 29.1. The van der Waals surface area contributed by atoms with Gasteiger partial charge in [0.25, 0.3) is 0 Å². The monoisotopic (exact) mass is 522 g/mol. The number of benzene rings is 2. The van der Waals surface area contributed by atoms with Crippen LogP contribution in [0.1, 0.15) is 48.0 Å². The summed E-state index contributed by atoms with van der Waals surface area (Å²) in [7, 11) is -4.40. The number of hydrogen-bond donors (Lipinski definition) is 1. The van der Waals surface area contributed by atoms with Crippen molar-refractivity contribution in [3.63, 3.8) is 0 Å². The van der Waals surface area contributed by atoms with Gasteiger partial charge in [-0.2, -0.15) is 0 Å². The van der Waals surface area contributed by atoms with Crippen molar-refractivity contribution in [2.24, 2.45) is 5.92 Å². The lowest BCUT2D eigenvalue weighted by molar-refractivity contribution is -0.574. The number of phosphoric acid groups is 1. The topological polar surface area (TPSA) is 126 Å². The molecule has 1 amide bonds. The second-order valence-electron chi connectivity index (χ2n) is 9.89. The zero-order chi connectivity index (χ0) is 27.0. The Hall–Kier alpha value is -3.10. The lowest BCUT2D eigenvalue weighted by Crippen LogP contribution is -2.49. The highest BCUT2D eigenvalue weighted by Gasteiger charge is 2.50. The van der Waals surface area contributed by atoms with E-state index in [9.17, 15) is 19.5 Å². The minimum absolute atomic E-state index is 0.160. The van der Waals surface area contributed by atoms with Crippen LogP contribution in [0, 0.1) is 16.0 Å². The Bertz CT molecular complexity index is 996. The fourth-order valence-electron chi connectivity index (χ4n) is 3.32. The number of phosphoric ester groups is 1. The molecule has 10 nitrogen and oxygen atoms in total. The zero-order valence-corrected chi connectivity index (χ0v) is 22.4. The number of amides is 1. The standard InChI is InChI=1S/C25H35N2O8P/c1-19(17-18-26-23(28)32-24(2,3)4)22(25(5,6)27(29)30)35-36(31,33-20-13-9-7-10-14-20)34-21-15-11-8-12-16-21/h7-16,19,22H,17-18H2,1-6H3,(H,26,28)/t19-,22-/m1/s1. The van der Waals surface area contributed by atoms with Crippen molar-refractivity contribution in [2.45, 2.75) is 65.2 Å². The van der Waals surface area contributed by atoms with Gasteiger partial charge in [0.05, 0.1) is 0 Å². The van der Waals surface area contributed by atoms with Crippen molar-refractivity contribution in [2.75, 3.05) is 6.54 Å². The van der Waals surface area contributed by atoms with E-state index in [1.165, 1.54) is 13.8 Å². The Morgan fingerprint density at radius 1 is 0.972 bits per heavy atom. The third-order valence-electron chi connectivity index (χ3n) is 5.12. The van der Waals surface area contributed by atoms with Crippen LogP contribution in [0.25, 0.3) is 0 Å². The van der Waals surface area contributed by atoms with E-state index in [1.807, 2.05) is 0 Å². The van der Waals surface area contributed by atoms with Gasteiger partial charge < -0.3 is 19.1 Å². The van der Waals surface area contributed by atoms with Crippen molar-refractivity contribution >= 4 is 13.9 Å². The molecule has 0 saturated heterocycles. The molecule has 0 aliphatic carbocycles. The predicted octanol–water partition coefficient (Wildman–Crippen LogP) is 6.24. The smallest absolute Gasteiger partial charge is 0.444 e. The number of alkyl carbamates (subject to hydrolysis) is 1. The van der Waals surface area contributed by atoms with Gasteiger partial charge >= 0.3 is 13.9 Å². The van der Waals surface area contributed by atoms with Crippen molar-refractivity contribution < 1.29 is 32.6 Å². The predicted molar refractivity (Wildman–Crippen MR) is 136 cm³/mol. The van der Waals surface area contributed by atoms with Crippen LogP contribution in [-0.2, 0) is 13.8 Å². The van der Waals surface area contributed by atoms with Gasteiger partial charge in [0, 0.05) is 25.3 Å². The van der Waals surface area contributed by atoms with Crippen molar-refractivity contribution in [3.8, 4) is 11.5 Å². The summed E-state index contributed by atoms with van der Waals surface area (Å²) in [5, 5.41) is 14.6. The quantitative estimate of drug-likeness (QED) is 0.197. The third-order valence-corrected chi connectivity index (χ3v) is 6.47. The Labute approximate surface area is 212 Å². The summed E-state index contributed by atoms with van der Waals surface area (Å²) in [6.45, 7) is 9.87. The summed E-state index contributed by atoms with van der Waals surface area (Å²) < 4.78 is 36.3. The third kappa shape index (κ3) is 9.17. The van der Waals surface area contributed by atoms with E-state index in [-0.39, 0.29) is 24.5 Å². The lowest BCUT2D eigenvalue weighted by Gasteiger charge is -2.33. The van der Waals surface area contributed by atoms with E-state index in [0.717, 1.165) is 0 Å². The maximum absolute atomic E-state index is 13.9. The fourth-order valence-corrected chi connectivity index (χ4v) is 4.95. The van der Waals surface area contributed by atoms with Crippen LogP contribution in [0.5, 0.6) is 11.5 Å². The van der Waals surface area contributed by atoms with Gasteiger partial charge in [0.15, 0.2) is 0 Å². The van der Waals surface area contributed by atoms with Crippen molar-refractivity contribution in [1.29, 1.82) is 0 Å². The molecule has 0 spiro atoms. The van der Waals surface area contributed by atoms with Crippen LogP contribution in [0.4, 0.5) is 4.79 Å². The largest absolute Gasteiger partial charge is 0.588 e. The molecule has 1 N–H and O–H groups in total. The summed E-state index contributed by atoms with van der Waals surface area (Å²) in [6, 6.07) is 16.6. The van der Waals surface area contributed by atoms with E-state index in [4.69, 9.17) is 18.3 Å². The summed E-state index contributed by atoms with van der Waals surface area (Å²) in [4.78, 5) is 23.5. The summed E-state index contributed by atoms with van der Waals surface area (Å²) in [5.74, 6) is -0.102. The Morgan fingerprint density at radius 3 is 1.86 bits per heavy atom. The van der Waals surface area contributed by atoms with E-state index in [0.29, 0.717) is 0 Å². The van der Waals surface area contributed by atoms with Gasteiger partial charge in [-0.05, 0) is 57.4 Å². The van der Waals surface area contributed by atoms with E-state index in [2.05, 4.69) is 5.32 Å². The highest BCUT2D eigenvalue weighted by atomic mass is 31.2. The first-order chi connectivity index (χ1) is 16.7. The fraction of sp³-hybridized carbons (Fsp3) is 0.480. The first-order valence-electron chi connectivity index (χ1n) is 11.6. The molecular weight excluding hydrogens is 487 g/mol. The number of carbonyl (C=O) groups excluding carboxylic acids is 1. The molecule has 0 radical (unpaired) electrons. The maximum Gasteiger partial charge on any atom is 0.588 e. The van der Waals surface area contributed by atoms with Crippen LogP contribution in [0.15, 0.2) is 60.7 Å². The maximum atomic E-state index is 13.9. The SMILES string of the molecule is C[C@H](CCNC(=O)OC(C)(C)C)[C@@H](OP(=O)(Oc1ccccc1)Oc1ccccc1)C(C)(C)[N+](=O)[O-]. The average Bonchev–Trinajstić information content (AvgIpc) is 2.77. The molecule has 2 atom stereocenters.